The first-order valence-electron chi connectivity index (χ1n) is 4.06. The average molecular weight is 212 g/mol. The van der Waals surface area contributed by atoms with Crippen molar-refractivity contribution in [3.8, 4) is 5.88 Å². The summed E-state index contributed by atoms with van der Waals surface area (Å²) in [4.78, 5) is 24.0. The number of carboxylic acid groups (broad SMARTS) is 1. The van der Waals surface area contributed by atoms with Crippen molar-refractivity contribution < 1.29 is 19.6 Å². The molecule has 1 aromatic heterocycles. The fourth-order valence-corrected chi connectivity index (χ4v) is 0.946. The summed E-state index contributed by atoms with van der Waals surface area (Å²) < 4.78 is 4.92. The molecule has 0 saturated heterocycles. The normalized spacial score (nSPS) is 9.67. The van der Waals surface area contributed by atoms with Gasteiger partial charge in [0.2, 0.25) is 5.88 Å². The van der Waals surface area contributed by atoms with Gasteiger partial charge in [-0.2, -0.15) is 0 Å². The van der Waals surface area contributed by atoms with E-state index in [-0.39, 0.29) is 23.7 Å². The number of aromatic carboxylic acids is 1. The maximum Gasteiger partial charge on any atom is 0.341 e. The first-order valence-corrected chi connectivity index (χ1v) is 4.06. The summed E-state index contributed by atoms with van der Waals surface area (Å²) in [6, 6.07) is 0.917. The molecular weight excluding hydrogens is 204 g/mol. The zero-order chi connectivity index (χ0) is 11.4. The molecule has 1 aromatic rings. The summed E-state index contributed by atoms with van der Waals surface area (Å²) >= 11 is 0. The number of hydrogen-bond acceptors (Lipinski definition) is 5. The molecule has 0 unspecified atom stereocenters. The first-order chi connectivity index (χ1) is 7.06. The first kappa shape index (κ1) is 10.9. The lowest BCUT2D eigenvalue weighted by Crippen LogP contribution is -2.05. The minimum absolute atomic E-state index is 0.115. The Kier molecular flexibility index (Phi) is 3.17. The van der Waals surface area contributed by atoms with Gasteiger partial charge in [-0.1, -0.05) is 0 Å². The highest BCUT2D eigenvalue weighted by molar-refractivity contribution is 5.90. The second kappa shape index (κ2) is 4.36. The number of rotatable bonds is 4. The van der Waals surface area contributed by atoms with E-state index in [1.54, 1.807) is 6.92 Å². The van der Waals surface area contributed by atoms with Crippen LogP contribution in [0.1, 0.15) is 17.3 Å². The van der Waals surface area contributed by atoms with Gasteiger partial charge < -0.3 is 9.84 Å². The van der Waals surface area contributed by atoms with Gasteiger partial charge in [-0.15, -0.1) is 0 Å². The Morgan fingerprint density at radius 2 is 2.40 bits per heavy atom. The van der Waals surface area contributed by atoms with E-state index in [9.17, 15) is 14.9 Å². The van der Waals surface area contributed by atoms with Crippen LogP contribution < -0.4 is 4.74 Å². The van der Waals surface area contributed by atoms with Crippen LogP contribution in [0.3, 0.4) is 0 Å². The molecule has 0 aliphatic heterocycles. The molecule has 1 N–H and O–H groups in total. The predicted octanol–water partition coefficient (Wildman–Crippen LogP) is 1.09. The molecule has 1 heterocycles. The average Bonchev–Trinajstić information content (AvgIpc) is 2.18. The van der Waals surface area contributed by atoms with Crippen LogP contribution in [-0.4, -0.2) is 27.6 Å². The van der Waals surface area contributed by atoms with Crippen molar-refractivity contribution in [2.75, 3.05) is 6.61 Å². The smallest absolute Gasteiger partial charge is 0.341 e. The summed E-state index contributed by atoms with van der Waals surface area (Å²) in [7, 11) is 0. The minimum atomic E-state index is -1.31. The summed E-state index contributed by atoms with van der Waals surface area (Å²) in [5, 5.41) is 19.1. The molecule has 0 atom stereocenters. The Hall–Kier alpha value is -2.18. The third kappa shape index (κ3) is 2.39. The van der Waals surface area contributed by atoms with Crippen LogP contribution in [0.2, 0.25) is 0 Å². The van der Waals surface area contributed by atoms with Gasteiger partial charge in [0.1, 0.15) is 11.8 Å². The Labute approximate surface area is 84.5 Å². The number of carboxylic acids is 1. The molecule has 7 heteroatoms. The lowest BCUT2D eigenvalue weighted by atomic mass is 10.2. The summed E-state index contributed by atoms with van der Waals surface area (Å²) in [5.74, 6) is -1.43. The quantitative estimate of drug-likeness (QED) is 0.591. The highest BCUT2D eigenvalue weighted by Gasteiger charge is 2.18. The minimum Gasteiger partial charge on any atom is -0.477 e. The number of hydrogen-bond donors (Lipinski definition) is 1. The highest BCUT2D eigenvalue weighted by atomic mass is 16.6. The monoisotopic (exact) mass is 212 g/mol. The van der Waals surface area contributed by atoms with Crippen LogP contribution in [0, 0.1) is 10.1 Å². The van der Waals surface area contributed by atoms with Crippen LogP contribution in [0.5, 0.6) is 5.88 Å². The molecule has 0 spiro atoms. The largest absolute Gasteiger partial charge is 0.477 e. The standard InChI is InChI=1S/C8H8N2O5/c1-2-15-7-6(8(11)12)3-5(4-9-7)10(13)14/h3-4H,2H2,1H3,(H,11,12). The molecule has 0 aliphatic carbocycles. The predicted molar refractivity (Wildman–Crippen MR) is 49.0 cm³/mol. The van der Waals surface area contributed by atoms with E-state index < -0.39 is 10.9 Å². The lowest BCUT2D eigenvalue weighted by molar-refractivity contribution is -0.385. The molecule has 15 heavy (non-hydrogen) atoms. The Morgan fingerprint density at radius 1 is 1.73 bits per heavy atom. The van der Waals surface area contributed by atoms with E-state index in [2.05, 4.69) is 4.98 Å². The molecule has 0 amide bonds. The summed E-state index contributed by atoms with van der Waals surface area (Å²) in [5.41, 5.74) is -0.693. The number of carbonyl (C=O) groups is 1. The van der Waals surface area contributed by atoms with Crippen LogP contribution in [0.25, 0.3) is 0 Å². The van der Waals surface area contributed by atoms with Gasteiger partial charge in [0, 0.05) is 6.07 Å². The molecule has 1 rings (SSSR count). The molecule has 0 bridgehead atoms. The van der Waals surface area contributed by atoms with Crippen LogP contribution >= 0.6 is 0 Å². The maximum atomic E-state index is 10.7. The van der Waals surface area contributed by atoms with Gasteiger partial charge in [0.05, 0.1) is 11.5 Å². The zero-order valence-electron chi connectivity index (χ0n) is 7.84. The van der Waals surface area contributed by atoms with Crippen molar-refractivity contribution in [3.05, 3.63) is 27.9 Å². The Bertz CT molecular complexity index is 404. The number of nitro groups is 1. The third-order valence-corrected chi connectivity index (χ3v) is 1.56. The van der Waals surface area contributed by atoms with Crippen molar-refractivity contribution in [2.24, 2.45) is 0 Å². The Balaban J connectivity index is 3.20. The van der Waals surface area contributed by atoms with Crippen molar-refractivity contribution in [1.29, 1.82) is 0 Å². The van der Waals surface area contributed by atoms with E-state index in [1.165, 1.54) is 0 Å². The van der Waals surface area contributed by atoms with Gasteiger partial charge in [-0.05, 0) is 6.92 Å². The van der Waals surface area contributed by atoms with E-state index >= 15 is 0 Å². The fourth-order valence-electron chi connectivity index (χ4n) is 0.946. The van der Waals surface area contributed by atoms with E-state index in [4.69, 9.17) is 9.84 Å². The van der Waals surface area contributed by atoms with Crippen LogP contribution in [0.15, 0.2) is 12.3 Å². The molecule has 0 aliphatic rings. The SMILES string of the molecule is CCOc1ncc([N+](=O)[O-])cc1C(=O)O. The lowest BCUT2D eigenvalue weighted by Gasteiger charge is -2.04. The molecule has 0 saturated carbocycles. The topological polar surface area (TPSA) is 103 Å². The molecule has 0 aromatic carbocycles. The van der Waals surface area contributed by atoms with Gasteiger partial charge in [0.25, 0.3) is 5.69 Å². The maximum absolute atomic E-state index is 10.7. The van der Waals surface area contributed by atoms with E-state index in [1.807, 2.05) is 0 Å². The van der Waals surface area contributed by atoms with Crippen molar-refractivity contribution in [2.45, 2.75) is 6.92 Å². The highest BCUT2D eigenvalue weighted by Crippen LogP contribution is 2.20. The summed E-state index contributed by atoms with van der Waals surface area (Å²) in [6.45, 7) is 1.90. The second-order valence-electron chi connectivity index (χ2n) is 2.54. The third-order valence-electron chi connectivity index (χ3n) is 1.56. The van der Waals surface area contributed by atoms with Gasteiger partial charge in [0.15, 0.2) is 0 Å². The number of ether oxygens (including phenoxy) is 1. The summed E-state index contributed by atoms with van der Waals surface area (Å²) in [6.07, 6.45) is 0.956. The van der Waals surface area contributed by atoms with E-state index in [0.29, 0.717) is 0 Å². The molecule has 0 fully saturated rings. The van der Waals surface area contributed by atoms with Crippen molar-refractivity contribution in [1.82, 2.24) is 4.98 Å². The zero-order valence-corrected chi connectivity index (χ0v) is 7.84. The second-order valence-corrected chi connectivity index (χ2v) is 2.54. The van der Waals surface area contributed by atoms with Gasteiger partial charge >= 0.3 is 5.97 Å². The Morgan fingerprint density at radius 3 is 2.87 bits per heavy atom. The number of pyridine rings is 1. The molecule has 0 radical (unpaired) electrons. The van der Waals surface area contributed by atoms with E-state index in [0.717, 1.165) is 12.3 Å². The fraction of sp³-hybridized carbons (Fsp3) is 0.250. The molecule has 7 nitrogen and oxygen atoms in total. The molecule has 80 valence electrons. The number of nitrogens with zero attached hydrogens (tertiary/aromatic N) is 2. The van der Waals surface area contributed by atoms with Crippen LogP contribution in [0.4, 0.5) is 5.69 Å². The van der Waals surface area contributed by atoms with Crippen molar-refractivity contribution in [3.63, 3.8) is 0 Å². The number of aromatic nitrogens is 1. The van der Waals surface area contributed by atoms with Crippen LogP contribution in [-0.2, 0) is 0 Å². The molecular formula is C8H8N2O5. The van der Waals surface area contributed by atoms with Gasteiger partial charge in [-0.25, -0.2) is 9.78 Å². The van der Waals surface area contributed by atoms with Gasteiger partial charge in [-0.3, -0.25) is 10.1 Å². The van der Waals surface area contributed by atoms with Crippen molar-refractivity contribution >= 4 is 11.7 Å².